The summed E-state index contributed by atoms with van der Waals surface area (Å²) in [6.45, 7) is 4.84. The van der Waals surface area contributed by atoms with Crippen LogP contribution in [0.2, 0.25) is 0 Å². The number of aryl methyl sites for hydroxylation is 1. The van der Waals surface area contributed by atoms with Gasteiger partial charge in [0.15, 0.2) is 0 Å². The van der Waals surface area contributed by atoms with Gasteiger partial charge in [-0.15, -0.1) is 0 Å². The highest BCUT2D eigenvalue weighted by molar-refractivity contribution is 5.28. The lowest BCUT2D eigenvalue weighted by Gasteiger charge is -2.05. The Bertz CT molecular complexity index is 364. The molecule has 1 nitrogen and oxygen atoms in total. The van der Waals surface area contributed by atoms with Crippen LogP contribution in [-0.2, 0) is 6.42 Å². The SMILES string of the molecule is C/C=C/CCc1cccc(OC/C=C/CC)c1. The molecular weight excluding hydrogens is 208 g/mol. The number of benzene rings is 1. The third-order valence-electron chi connectivity index (χ3n) is 2.48. The van der Waals surface area contributed by atoms with Gasteiger partial charge >= 0.3 is 0 Å². The van der Waals surface area contributed by atoms with Crippen molar-refractivity contribution in [2.45, 2.75) is 33.1 Å². The van der Waals surface area contributed by atoms with Gasteiger partial charge in [-0.05, 0) is 43.9 Å². The van der Waals surface area contributed by atoms with Crippen LogP contribution < -0.4 is 4.74 Å². The second-order valence-corrected chi connectivity index (χ2v) is 3.95. The smallest absolute Gasteiger partial charge is 0.120 e. The van der Waals surface area contributed by atoms with E-state index in [9.17, 15) is 0 Å². The lowest BCUT2D eigenvalue weighted by Crippen LogP contribution is -1.94. The van der Waals surface area contributed by atoms with Gasteiger partial charge < -0.3 is 4.74 Å². The highest BCUT2D eigenvalue weighted by atomic mass is 16.5. The van der Waals surface area contributed by atoms with Crippen LogP contribution in [0.1, 0.15) is 32.3 Å². The van der Waals surface area contributed by atoms with E-state index in [1.807, 2.05) is 6.07 Å². The lowest BCUT2D eigenvalue weighted by atomic mass is 10.1. The minimum Gasteiger partial charge on any atom is -0.490 e. The normalized spacial score (nSPS) is 11.4. The highest BCUT2D eigenvalue weighted by Crippen LogP contribution is 2.14. The summed E-state index contributed by atoms with van der Waals surface area (Å²) < 4.78 is 5.65. The van der Waals surface area contributed by atoms with Crippen molar-refractivity contribution >= 4 is 0 Å². The summed E-state index contributed by atoms with van der Waals surface area (Å²) in [4.78, 5) is 0. The maximum absolute atomic E-state index is 5.65. The van der Waals surface area contributed by atoms with E-state index in [0.717, 1.165) is 25.0 Å². The van der Waals surface area contributed by atoms with Gasteiger partial charge in [-0.1, -0.05) is 43.4 Å². The topological polar surface area (TPSA) is 9.23 Å². The molecule has 0 aromatic heterocycles. The van der Waals surface area contributed by atoms with Crippen LogP contribution in [0, 0.1) is 0 Å². The van der Waals surface area contributed by atoms with Crippen molar-refractivity contribution < 1.29 is 4.74 Å². The second-order valence-electron chi connectivity index (χ2n) is 3.95. The van der Waals surface area contributed by atoms with E-state index in [0.29, 0.717) is 6.61 Å². The minimum absolute atomic E-state index is 0.659. The number of allylic oxidation sites excluding steroid dienone is 3. The Morgan fingerprint density at radius 2 is 2.06 bits per heavy atom. The average molecular weight is 230 g/mol. The molecule has 1 aromatic carbocycles. The molecule has 0 aliphatic rings. The maximum Gasteiger partial charge on any atom is 0.120 e. The van der Waals surface area contributed by atoms with Gasteiger partial charge in [0.1, 0.15) is 12.4 Å². The van der Waals surface area contributed by atoms with Gasteiger partial charge in [0.25, 0.3) is 0 Å². The molecule has 0 amide bonds. The third kappa shape index (κ3) is 5.96. The van der Waals surface area contributed by atoms with Crippen LogP contribution in [-0.4, -0.2) is 6.61 Å². The number of rotatable bonds is 7. The van der Waals surface area contributed by atoms with Crippen molar-refractivity contribution in [3.63, 3.8) is 0 Å². The molecule has 0 radical (unpaired) electrons. The fraction of sp³-hybridized carbons (Fsp3) is 0.375. The van der Waals surface area contributed by atoms with Crippen molar-refractivity contribution in [3.05, 3.63) is 54.1 Å². The zero-order chi connectivity index (χ0) is 12.3. The summed E-state index contributed by atoms with van der Waals surface area (Å²) >= 11 is 0. The van der Waals surface area contributed by atoms with Gasteiger partial charge in [0.05, 0.1) is 0 Å². The molecule has 0 aliphatic heterocycles. The van der Waals surface area contributed by atoms with E-state index in [-0.39, 0.29) is 0 Å². The Balaban J connectivity index is 2.44. The Morgan fingerprint density at radius 1 is 1.18 bits per heavy atom. The first-order valence-corrected chi connectivity index (χ1v) is 6.34. The number of ether oxygens (including phenoxy) is 1. The number of hydrogen-bond acceptors (Lipinski definition) is 1. The molecule has 0 N–H and O–H groups in total. The molecule has 0 heterocycles. The molecule has 0 atom stereocenters. The summed E-state index contributed by atoms with van der Waals surface area (Å²) in [5.41, 5.74) is 1.33. The largest absolute Gasteiger partial charge is 0.490 e. The van der Waals surface area contributed by atoms with Crippen molar-refractivity contribution in [2.24, 2.45) is 0 Å². The molecule has 1 heteroatoms. The zero-order valence-electron chi connectivity index (χ0n) is 10.9. The lowest BCUT2D eigenvalue weighted by molar-refractivity contribution is 0.362. The van der Waals surface area contributed by atoms with Gasteiger partial charge in [0, 0.05) is 0 Å². The van der Waals surface area contributed by atoms with Crippen LogP contribution in [0.15, 0.2) is 48.6 Å². The molecule has 17 heavy (non-hydrogen) atoms. The predicted molar refractivity (Wildman–Crippen MR) is 74.5 cm³/mol. The first-order chi connectivity index (χ1) is 8.36. The zero-order valence-corrected chi connectivity index (χ0v) is 10.9. The standard InChI is InChI=1S/C16H22O/c1-3-5-7-10-15-11-9-12-16(14-15)17-13-8-6-4-2/h3,5-6,8-9,11-12,14H,4,7,10,13H2,1-2H3/b5-3+,8-6+. The van der Waals surface area contributed by atoms with Crippen LogP contribution in [0.5, 0.6) is 5.75 Å². The van der Waals surface area contributed by atoms with Crippen molar-refractivity contribution in [1.29, 1.82) is 0 Å². The monoisotopic (exact) mass is 230 g/mol. The summed E-state index contributed by atoms with van der Waals surface area (Å²) in [7, 11) is 0. The van der Waals surface area contributed by atoms with Gasteiger partial charge in [-0.25, -0.2) is 0 Å². The van der Waals surface area contributed by atoms with Crippen LogP contribution in [0.25, 0.3) is 0 Å². The second kappa shape index (κ2) is 8.63. The Kier molecular flexibility index (Phi) is 6.89. The Morgan fingerprint density at radius 3 is 2.82 bits per heavy atom. The van der Waals surface area contributed by atoms with Gasteiger partial charge in [-0.2, -0.15) is 0 Å². The third-order valence-corrected chi connectivity index (χ3v) is 2.48. The van der Waals surface area contributed by atoms with Crippen molar-refractivity contribution in [2.75, 3.05) is 6.61 Å². The quantitative estimate of drug-likeness (QED) is 0.625. The van der Waals surface area contributed by atoms with Crippen LogP contribution >= 0.6 is 0 Å². The van der Waals surface area contributed by atoms with E-state index in [1.54, 1.807) is 0 Å². The minimum atomic E-state index is 0.659. The van der Waals surface area contributed by atoms with Crippen molar-refractivity contribution in [3.8, 4) is 5.75 Å². The molecule has 0 saturated heterocycles. The van der Waals surface area contributed by atoms with E-state index in [2.05, 4.69) is 56.4 Å². The van der Waals surface area contributed by atoms with E-state index in [4.69, 9.17) is 4.74 Å². The molecule has 1 aromatic rings. The fourth-order valence-corrected chi connectivity index (χ4v) is 1.59. The molecule has 0 unspecified atom stereocenters. The fourth-order valence-electron chi connectivity index (χ4n) is 1.59. The molecule has 92 valence electrons. The highest BCUT2D eigenvalue weighted by Gasteiger charge is 1.95. The predicted octanol–water partition coefficient (Wildman–Crippen LogP) is 4.54. The first-order valence-electron chi connectivity index (χ1n) is 6.34. The summed E-state index contributed by atoms with van der Waals surface area (Å²) in [5.74, 6) is 0.962. The van der Waals surface area contributed by atoms with E-state index < -0.39 is 0 Å². The Labute approximate surface area is 105 Å². The molecule has 0 saturated carbocycles. The van der Waals surface area contributed by atoms with Gasteiger partial charge in [0.2, 0.25) is 0 Å². The first kappa shape index (κ1) is 13.6. The summed E-state index contributed by atoms with van der Waals surface area (Å²) in [5, 5.41) is 0. The molecule has 0 bridgehead atoms. The molecule has 0 fully saturated rings. The van der Waals surface area contributed by atoms with Crippen LogP contribution in [0.4, 0.5) is 0 Å². The molecule has 0 aliphatic carbocycles. The van der Waals surface area contributed by atoms with E-state index in [1.165, 1.54) is 5.56 Å². The summed E-state index contributed by atoms with van der Waals surface area (Å²) in [6, 6.07) is 8.35. The van der Waals surface area contributed by atoms with E-state index >= 15 is 0 Å². The summed E-state index contributed by atoms with van der Waals surface area (Å²) in [6.07, 6.45) is 11.7. The van der Waals surface area contributed by atoms with Gasteiger partial charge in [-0.3, -0.25) is 0 Å². The maximum atomic E-state index is 5.65. The molecule has 0 spiro atoms. The number of hydrogen-bond donors (Lipinski definition) is 0. The van der Waals surface area contributed by atoms with Crippen LogP contribution in [0.3, 0.4) is 0 Å². The Hall–Kier alpha value is -1.50. The molecule has 1 rings (SSSR count). The van der Waals surface area contributed by atoms with Crippen molar-refractivity contribution in [1.82, 2.24) is 0 Å². The molecular formula is C16H22O. The average Bonchev–Trinajstić information content (AvgIpc) is 2.36.